The van der Waals surface area contributed by atoms with E-state index in [4.69, 9.17) is 22.9 Å². The fraction of sp³-hybridized carbons (Fsp3) is 0.182. The number of amidine groups is 1. The van der Waals surface area contributed by atoms with Crippen molar-refractivity contribution >= 4 is 45.7 Å². The van der Waals surface area contributed by atoms with Gasteiger partial charge in [0.2, 0.25) is 5.13 Å². The molecule has 0 fully saturated rings. The molecule has 1 aromatic heterocycles. The highest BCUT2D eigenvalue weighted by Crippen LogP contribution is 2.29. The van der Waals surface area contributed by atoms with Crippen molar-refractivity contribution in [2.45, 2.75) is 13.3 Å². The number of aromatic nitrogens is 1. The molecule has 2 heterocycles. The highest BCUT2D eigenvalue weighted by atomic mass is 32.1. The van der Waals surface area contributed by atoms with Crippen molar-refractivity contribution in [2.75, 3.05) is 0 Å². The zero-order valence-electron chi connectivity index (χ0n) is 11.2. The van der Waals surface area contributed by atoms with E-state index in [-0.39, 0.29) is 12.4 Å². The van der Waals surface area contributed by atoms with Crippen molar-refractivity contribution in [1.82, 2.24) is 4.98 Å². The molecule has 21 heavy (non-hydrogen) atoms. The summed E-state index contributed by atoms with van der Waals surface area (Å²) in [5.74, 6) is 0.247. The number of allylic oxidation sites excluding steroid dienone is 1. The standard InChI is InChI=1S/C11H14N8OS/c1-4-5(16-10(15)20)2-7(12)18-8(4)6-3-21-11(17-6)19-9(13)14/h3H,2H2,1H3,(H2,12,18)(H2,15,20)(H4,13,14,17,19). The molecule has 10 heteroatoms. The third-order valence-electron chi connectivity index (χ3n) is 2.60. The summed E-state index contributed by atoms with van der Waals surface area (Å²) in [7, 11) is 0. The molecule has 9 nitrogen and oxygen atoms in total. The van der Waals surface area contributed by atoms with E-state index >= 15 is 0 Å². The van der Waals surface area contributed by atoms with E-state index in [1.807, 2.05) is 0 Å². The largest absolute Gasteiger partial charge is 0.387 e. The summed E-state index contributed by atoms with van der Waals surface area (Å²) in [4.78, 5) is 27.1. The van der Waals surface area contributed by atoms with Crippen LogP contribution in [0.5, 0.6) is 0 Å². The van der Waals surface area contributed by atoms with Crippen LogP contribution in [0.4, 0.5) is 9.93 Å². The summed E-state index contributed by atoms with van der Waals surface area (Å²) in [6.07, 6.45) is 0.267. The number of urea groups is 1. The van der Waals surface area contributed by atoms with Gasteiger partial charge in [0, 0.05) is 11.8 Å². The van der Waals surface area contributed by atoms with Gasteiger partial charge in [-0.1, -0.05) is 0 Å². The number of nitrogens with zero attached hydrogens (tertiary/aromatic N) is 4. The van der Waals surface area contributed by atoms with Crippen LogP contribution in [0.15, 0.2) is 25.9 Å². The Morgan fingerprint density at radius 2 is 2.10 bits per heavy atom. The number of guanidine groups is 1. The number of aliphatic imine (C=N–C) groups is 3. The molecule has 0 radical (unpaired) electrons. The number of amides is 2. The number of rotatable bonds is 2. The lowest BCUT2D eigenvalue weighted by molar-refractivity contribution is 0.256. The molecule has 0 saturated heterocycles. The molecule has 0 bridgehead atoms. The second-order valence-electron chi connectivity index (χ2n) is 4.20. The van der Waals surface area contributed by atoms with Crippen molar-refractivity contribution in [3.05, 3.63) is 16.6 Å². The molecule has 0 unspecified atom stereocenters. The molecular formula is C11H14N8OS. The summed E-state index contributed by atoms with van der Waals surface area (Å²) in [6.45, 7) is 1.77. The zero-order valence-corrected chi connectivity index (χ0v) is 12.0. The Morgan fingerprint density at radius 3 is 2.71 bits per heavy atom. The van der Waals surface area contributed by atoms with E-state index in [9.17, 15) is 4.79 Å². The first-order chi connectivity index (χ1) is 9.86. The van der Waals surface area contributed by atoms with Crippen LogP contribution in [0.25, 0.3) is 5.70 Å². The van der Waals surface area contributed by atoms with Crippen molar-refractivity contribution < 1.29 is 4.79 Å². The Labute approximate surface area is 124 Å². The van der Waals surface area contributed by atoms with Crippen LogP contribution in [-0.4, -0.2) is 28.5 Å². The third kappa shape index (κ3) is 3.42. The van der Waals surface area contributed by atoms with Crippen LogP contribution < -0.4 is 22.9 Å². The quantitative estimate of drug-likeness (QED) is 0.446. The average molecular weight is 306 g/mol. The van der Waals surface area contributed by atoms with Gasteiger partial charge in [0.25, 0.3) is 0 Å². The Kier molecular flexibility index (Phi) is 3.98. The smallest absolute Gasteiger partial charge is 0.338 e. The van der Waals surface area contributed by atoms with Crippen molar-refractivity contribution in [3.8, 4) is 0 Å². The summed E-state index contributed by atoms with van der Waals surface area (Å²) in [5, 5.41) is 2.14. The van der Waals surface area contributed by atoms with Gasteiger partial charge in [-0.3, -0.25) is 0 Å². The highest BCUT2D eigenvalue weighted by Gasteiger charge is 2.20. The topological polar surface area (TPSA) is 171 Å². The maximum atomic E-state index is 11.0. The fourth-order valence-corrected chi connectivity index (χ4v) is 2.44. The number of nitrogens with two attached hydrogens (primary N) is 4. The summed E-state index contributed by atoms with van der Waals surface area (Å²) >= 11 is 1.26. The highest BCUT2D eigenvalue weighted by molar-refractivity contribution is 7.13. The van der Waals surface area contributed by atoms with Gasteiger partial charge in [-0.05, 0) is 12.5 Å². The predicted molar refractivity (Wildman–Crippen MR) is 83.4 cm³/mol. The molecule has 1 aliphatic heterocycles. The number of primary amides is 1. The number of carbonyl (C=O) groups is 1. The molecule has 1 aliphatic rings. The van der Waals surface area contributed by atoms with Gasteiger partial charge in [0.1, 0.15) is 11.5 Å². The van der Waals surface area contributed by atoms with Gasteiger partial charge in [0.15, 0.2) is 5.96 Å². The first kappa shape index (κ1) is 14.7. The summed E-state index contributed by atoms with van der Waals surface area (Å²) in [6, 6.07) is -0.780. The minimum atomic E-state index is -0.780. The van der Waals surface area contributed by atoms with Gasteiger partial charge in [-0.15, -0.1) is 11.3 Å². The second-order valence-corrected chi connectivity index (χ2v) is 5.04. The van der Waals surface area contributed by atoms with Gasteiger partial charge in [-0.25, -0.2) is 14.8 Å². The normalized spacial score (nSPS) is 16.8. The number of hydrogen-bond acceptors (Lipinski definition) is 6. The molecule has 0 atom stereocenters. The van der Waals surface area contributed by atoms with Crippen molar-refractivity contribution in [1.29, 1.82) is 0 Å². The third-order valence-corrected chi connectivity index (χ3v) is 3.33. The lowest BCUT2D eigenvalue weighted by Crippen LogP contribution is -2.24. The van der Waals surface area contributed by atoms with Crippen LogP contribution in [0.3, 0.4) is 0 Å². The van der Waals surface area contributed by atoms with E-state index in [2.05, 4.69) is 20.0 Å². The summed E-state index contributed by atoms with van der Waals surface area (Å²) < 4.78 is 0. The van der Waals surface area contributed by atoms with Crippen LogP contribution in [-0.2, 0) is 0 Å². The van der Waals surface area contributed by atoms with Crippen molar-refractivity contribution in [3.63, 3.8) is 0 Å². The Hall–Kier alpha value is -2.75. The number of hydrogen-bond donors (Lipinski definition) is 4. The minimum Gasteiger partial charge on any atom is -0.387 e. The number of thiazole rings is 1. The lowest BCUT2D eigenvalue weighted by atomic mass is 10.0. The maximum absolute atomic E-state index is 11.0. The monoisotopic (exact) mass is 306 g/mol. The van der Waals surface area contributed by atoms with Crippen LogP contribution in [0.2, 0.25) is 0 Å². The Bertz CT molecular complexity index is 708. The first-order valence-electron chi connectivity index (χ1n) is 5.83. The number of carbonyl (C=O) groups excluding carboxylic acids is 1. The van der Waals surface area contributed by atoms with Gasteiger partial charge >= 0.3 is 6.03 Å². The lowest BCUT2D eigenvalue weighted by Gasteiger charge is -2.15. The SMILES string of the molecule is CC1=C(c2csc(N=C(N)N)n2)N=C(N)CC1=NC(N)=O. The molecular weight excluding hydrogens is 292 g/mol. The predicted octanol–water partition coefficient (Wildman–Crippen LogP) is 0.0596. The summed E-state index contributed by atoms with van der Waals surface area (Å²) in [5.41, 5.74) is 23.7. The van der Waals surface area contributed by atoms with Crippen molar-refractivity contribution in [2.24, 2.45) is 37.9 Å². The van der Waals surface area contributed by atoms with E-state index in [0.29, 0.717) is 33.6 Å². The molecule has 0 spiro atoms. The van der Waals surface area contributed by atoms with Gasteiger partial charge in [0.05, 0.1) is 11.4 Å². The molecule has 110 valence electrons. The van der Waals surface area contributed by atoms with Crippen LogP contribution >= 0.6 is 11.3 Å². The van der Waals surface area contributed by atoms with Crippen LogP contribution in [0.1, 0.15) is 19.0 Å². The molecule has 0 saturated carbocycles. The molecule has 2 rings (SSSR count). The Morgan fingerprint density at radius 1 is 1.38 bits per heavy atom. The zero-order chi connectivity index (χ0) is 15.6. The molecule has 0 aromatic carbocycles. The minimum absolute atomic E-state index is 0.0794. The van der Waals surface area contributed by atoms with E-state index in [0.717, 1.165) is 0 Å². The van der Waals surface area contributed by atoms with Crippen LogP contribution in [0, 0.1) is 0 Å². The Balaban J connectivity index is 2.47. The van der Waals surface area contributed by atoms with E-state index in [1.54, 1.807) is 12.3 Å². The molecule has 8 N–H and O–H groups in total. The molecule has 1 aromatic rings. The van der Waals surface area contributed by atoms with Gasteiger partial charge < -0.3 is 22.9 Å². The molecule has 0 aliphatic carbocycles. The maximum Gasteiger partial charge on any atom is 0.338 e. The fourth-order valence-electron chi connectivity index (χ4n) is 1.75. The van der Waals surface area contributed by atoms with E-state index < -0.39 is 6.03 Å². The first-order valence-corrected chi connectivity index (χ1v) is 6.71. The van der Waals surface area contributed by atoms with E-state index in [1.165, 1.54) is 11.3 Å². The second kappa shape index (κ2) is 5.71. The van der Waals surface area contributed by atoms with Gasteiger partial charge in [-0.2, -0.15) is 9.98 Å². The molecule has 2 amide bonds. The average Bonchev–Trinajstić information content (AvgIpc) is 2.80.